The Morgan fingerprint density at radius 1 is 1.33 bits per heavy atom. The Bertz CT molecular complexity index is 345. The van der Waals surface area contributed by atoms with Crippen molar-refractivity contribution in [3.05, 3.63) is 10.4 Å². The quantitative estimate of drug-likeness (QED) is 0.909. The lowest BCUT2D eigenvalue weighted by Gasteiger charge is -2.22. The maximum atomic E-state index is 5.80. The minimum atomic E-state index is 0.0869. The third-order valence-corrected chi connectivity index (χ3v) is 3.52. The zero-order chi connectivity index (χ0) is 11.5. The maximum absolute atomic E-state index is 5.80. The SMILES string of the molecule is CSC(C)(C)CNc1nc(Cl)nnc1Cl. The Hall–Kier alpha value is -0.260. The van der Waals surface area contributed by atoms with Crippen molar-refractivity contribution in [2.45, 2.75) is 18.6 Å². The second-order valence-electron chi connectivity index (χ2n) is 3.54. The summed E-state index contributed by atoms with van der Waals surface area (Å²) in [6.45, 7) is 4.96. The van der Waals surface area contributed by atoms with Crippen molar-refractivity contribution in [2.75, 3.05) is 18.1 Å². The highest BCUT2D eigenvalue weighted by Gasteiger charge is 2.17. The van der Waals surface area contributed by atoms with Crippen LogP contribution in [0.3, 0.4) is 0 Å². The van der Waals surface area contributed by atoms with E-state index in [2.05, 4.69) is 40.6 Å². The van der Waals surface area contributed by atoms with Gasteiger partial charge in [-0.3, -0.25) is 0 Å². The maximum Gasteiger partial charge on any atom is 0.245 e. The molecule has 0 unspecified atom stereocenters. The van der Waals surface area contributed by atoms with Crippen LogP contribution in [0.15, 0.2) is 0 Å². The van der Waals surface area contributed by atoms with Crippen LogP contribution < -0.4 is 5.32 Å². The third kappa shape index (κ3) is 4.01. The van der Waals surface area contributed by atoms with Crippen LogP contribution in [0.1, 0.15) is 13.8 Å². The first-order chi connectivity index (χ1) is 6.94. The average molecular weight is 267 g/mol. The number of nitrogens with zero attached hydrogens (tertiary/aromatic N) is 3. The van der Waals surface area contributed by atoms with Gasteiger partial charge >= 0.3 is 0 Å². The molecule has 0 bridgehead atoms. The summed E-state index contributed by atoms with van der Waals surface area (Å²) in [5, 5.41) is 10.6. The minimum absolute atomic E-state index is 0.0869. The second kappa shape index (κ2) is 5.18. The molecule has 0 radical (unpaired) electrons. The van der Waals surface area contributed by atoms with E-state index in [4.69, 9.17) is 23.2 Å². The summed E-state index contributed by atoms with van der Waals surface area (Å²) in [5.41, 5.74) is 0. The van der Waals surface area contributed by atoms with Crippen LogP contribution in [0.2, 0.25) is 10.4 Å². The van der Waals surface area contributed by atoms with E-state index in [1.165, 1.54) is 0 Å². The van der Waals surface area contributed by atoms with E-state index in [0.29, 0.717) is 5.82 Å². The van der Waals surface area contributed by atoms with Gasteiger partial charge in [0.2, 0.25) is 5.28 Å². The zero-order valence-corrected chi connectivity index (χ0v) is 11.0. The van der Waals surface area contributed by atoms with Gasteiger partial charge < -0.3 is 5.32 Å². The summed E-state index contributed by atoms with van der Waals surface area (Å²) in [6, 6.07) is 0. The number of thioether (sulfide) groups is 1. The highest BCUT2D eigenvalue weighted by Crippen LogP contribution is 2.23. The number of aromatic nitrogens is 3. The normalized spacial score (nSPS) is 11.5. The summed E-state index contributed by atoms with van der Waals surface area (Å²) in [5.74, 6) is 0.471. The van der Waals surface area contributed by atoms with Gasteiger partial charge in [0.1, 0.15) is 0 Å². The molecule has 0 saturated heterocycles. The van der Waals surface area contributed by atoms with Crippen molar-refractivity contribution in [2.24, 2.45) is 0 Å². The fraction of sp³-hybridized carbons (Fsp3) is 0.625. The Morgan fingerprint density at radius 2 is 2.00 bits per heavy atom. The number of nitrogens with one attached hydrogen (secondary N) is 1. The predicted octanol–water partition coefficient (Wildman–Crippen LogP) is 2.73. The molecule has 1 rings (SSSR count). The molecule has 4 nitrogen and oxygen atoms in total. The molecule has 1 N–H and O–H groups in total. The first-order valence-corrected chi connectivity index (χ1v) is 6.27. The molecule has 0 fully saturated rings. The molecule has 0 aliphatic carbocycles. The van der Waals surface area contributed by atoms with Gasteiger partial charge in [-0.05, 0) is 31.7 Å². The molecule has 1 aromatic rings. The van der Waals surface area contributed by atoms with Crippen LogP contribution in [0.5, 0.6) is 0 Å². The van der Waals surface area contributed by atoms with Gasteiger partial charge in [0.05, 0.1) is 0 Å². The van der Waals surface area contributed by atoms with Crippen LogP contribution >= 0.6 is 35.0 Å². The fourth-order valence-corrected chi connectivity index (χ4v) is 1.26. The fourth-order valence-electron chi connectivity index (χ4n) is 0.774. The van der Waals surface area contributed by atoms with Crippen molar-refractivity contribution < 1.29 is 0 Å². The number of anilines is 1. The van der Waals surface area contributed by atoms with Gasteiger partial charge in [0.15, 0.2) is 11.0 Å². The van der Waals surface area contributed by atoms with Gasteiger partial charge in [-0.2, -0.15) is 16.7 Å². The second-order valence-corrected chi connectivity index (χ2v) is 5.75. The van der Waals surface area contributed by atoms with Crippen molar-refractivity contribution in [1.29, 1.82) is 0 Å². The molecule has 7 heteroatoms. The lowest BCUT2D eigenvalue weighted by molar-refractivity contribution is 0.748. The molecule has 0 aliphatic rings. The topological polar surface area (TPSA) is 50.7 Å². The van der Waals surface area contributed by atoms with E-state index in [1.54, 1.807) is 11.8 Å². The monoisotopic (exact) mass is 266 g/mol. The van der Waals surface area contributed by atoms with Crippen molar-refractivity contribution in [3.63, 3.8) is 0 Å². The zero-order valence-electron chi connectivity index (χ0n) is 8.71. The smallest absolute Gasteiger partial charge is 0.245 e. The van der Waals surface area contributed by atoms with E-state index < -0.39 is 0 Å². The van der Waals surface area contributed by atoms with Gasteiger partial charge in [-0.1, -0.05) is 11.6 Å². The van der Waals surface area contributed by atoms with Crippen LogP contribution in [0.25, 0.3) is 0 Å². The molecule has 0 saturated carbocycles. The number of hydrogen-bond donors (Lipinski definition) is 1. The summed E-state index contributed by atoms with van der Waals surface area (Å²) < 4.78 is 0.0980. The highest BCUT2D eigenvalue weighted by atomic mass is 35.5. The molecule has 1 aromatic heterocycles. The van der Waals surface area contributed by atoms with E-state index in [0.717, 1.165) is 6.54 Å². The summed E-state index contributed by atoms with van der Waals surface area (Å²) in [4.78, 5) is 3.95. The molecule has 0 amide bonds. The van der Waals surface area contributed by atoms with Crippen LogP contribution in [0, 0.1) is 0 Å². The van der Waals surface area contributed by atoms with Gasteiger partial charge in [0.25, 0.3) is 0 Å². The predicted molar refractivity (Wildman–Crippen MR) is 65.9 cm³/mol. The van der Waals surface area contributed by atoms with Gasteiger partial charge in [-0.15, -0.1) is 10.2 Å². The Labute approximate surface area is 103 Å². The Balaban J connectivity index is 2.69. The van der Waals surface area contributed by atoms with Crippen LogP contribution in [-0.4, -0.2) is 32.7 Å². The molecule has 0 atom stereocenters. The van der Waals surface area contributed by atoms with Crippen molar-refractivity contribution in [1.82, 2.24) is 15.2 Å². The van der Waals surface area contributed by atoms with Crippen molar-refractivity contribution in [3.8, 4) is 0 Å². The average Bonchev–Trinajstić information content (AvgIpc) is 2.20. The lowest BCUT2D eigenvalue weighted by Crippen LogP contribution is -2.26. The van der Waals surface area contributed by atoms with Gasteiger partial charge in [-0.25, -0.2) is 0 Å². The minimum Gasteiger partial charge on any atom is -0.366 e. The first kappa shape index (κ1) is 12.8. The number of halogens is 2. The van der Waals surface area contributed by atoms with Gasteiger partial charge in [0, 0.05) is 11.3 Å². The first-order valence-electron chi connectivity index (χ1n) is 4.29. The summed E-state index contributed by atoms with van der Waals surface area (Å²) >= 11 is 13.2. The number of rotatable bonds is 4. The Morgan fingerprint density at radius 3 is 2.60 bits per heavy atom. The molecule has 0 aliphatic heterocycles. The summed E-state index contributed by atoms with van der Waals surface area (Å²) in [6.07, 6.45) is 2.05. The van der Waals surface area contributed by atoms with Crippen LogP contribution in [0.4, 0.5) is 5.82 Å². The molecular weight excluding hydrogens is 255 g/mol. The molecule has 84 valence electrons. The van der Waals surface area contributed by atoms with E-state index in [-0.39, 0.29) is 15.2 Å². The highest BCUT2D eigenvalue weighted by molar-refractivity contribution is 7.99. The molecular formula is C8H12Cl2N4S. The van der Waals surface area contributed by atoms with E-state index in [9.17, 15) is 0 Å². The number of hydrogen-bond acceptors (Lipinski definition) is 5. The van der Waals surface area contributed by atoms with E-state index in [1.807, 2.05) is 0 Å². The molecule has 0 spiro atoms. The van der Waals surface area contributed by atoms with E-state index >= 15 is 0 Å². The molecule has 0 aromatic carbocycles. The Kier molecular flexibility index (Phi) is 4.43. The lowest BCUT2D eigenvalue weighted by atomic mass is 10.2. The summed E-state index contributed by atoms with van der Waals surface area (Å²) in [7, 11) is 0. The van der Waals surface area contributed by atoms with Crippen LogP contribution in [-0.2, 0) is 0 Å². The van der Waals surface area contributed by atoms with Crippen molar-refractivity contribution >= 4 is 40.8 Å². The standard InChI is InChI=1S/C8H12Cl2N4S/c1-8(2,15-3)4-11-6-5(9)13-14-7(10)12-6/h4H2,1-3H3,(H,11,12,14). The molecule has 15 heavy (non-hydrogen) atoms. The largest absolute Gasteiger partial charge is 0.366 e. The third-order valence-electron chi connectivity index (χ3n) is 1.85. The molecule has 1 heterocycles.